The summed E-state index contributed by atoms with van der Waals surface area (Å²) in [5.41, 5.74) is 1.71. The summed E-state index contributed by atoms with van der Waals surface area (Å²) in [5.74, 6) is 0.827. The van der Waals surface area contributed by atoms with Gasteiger partial charge in [0.2, 0.25) is 10.0 Å². The van der Waals surface area contributed by atoms with Crippen molar-refractivity contribution in [3.8, 4) is 0 Å². The second-order valence-corrected chi connectivity index (χ2v) is 10.2. The topological polar surface area (TPSA) is 106 Å². The molecule has 9 nitrogen and oxygen atoms in total. The quantitative estimate of drug-likeness (QED) is 0.492. The molecular formula is C22H27N5O4S. The zero-order valence-corrected chi connectivity index (χ0v) is 19.2. The monoisotopic (exact) mass is 457 g/mol. The van der Waals surface area contributed by atoms with Gasteiger partial charge in [-0.05, 0) is 49.6 Å². The van der Waals surface area contributed by atoms with Crippen LogP contribution in [-0.4, -0.2) is 53.4 Å². The lowest BCUT2D eigenvalue weighted by atomic mass is 10.3. The second-order valence-electron chi connectivity index (χ2n) is 8.04. The molecule has 1 aliphatic rings. The molecule has 1 N–H and O–H groups in total. The van der Waals surface area contributed by atoms with E-state index in [4.69, 9.17) is 4.74 Å². The van der Waals surface area contributed by atoms with Crippen LogP contribution in [0, 0.1) is 0 Å². The van der Waals surface area contributed by atoms with Crippen LogP contribution in [0.2, 0.25) is 0 Å². The van der Waals surface area contributed by atoms with Crippen molar-refractivity contribution < 1.29 is 17.9 Å². The highest BCUT2D eigenvalue weighted by Gasteiger charge is 2.22. The first kappa shape index (κ1) is 22.2. The number of carbonyl (C=O) groups excluding carboxylic acids is 1. The maximum Gasteiger partial charge on any atom is 0.340 e. The number of aryl methyl sites for hydroxylation is 1. The Labute approximate surface area is 187 Å². The Hall–Kier alpha value is -2.98. The molecule has 0 amide bonds. The van der Waals surface area contributed by atoms with Gasteiger partial charge in [0.05, 0.1) is 21.5 Å². The number of nitrogens with one attached hydrogen (secondary N) is 1. The molecule has 2 heterocycles. The average molecular weight is 458 g/mol. The van der Waals surface area contributed by atoms with E-state index in [2.05, 4.69) is 15.3 Å². The van der Waals surface area contributed by atoms with Gasteiger partial charge >= 0.3 is 5.97 Å². The standard InChI is InChI=1S/C22H27N5O4S/c1-4-11-27-19-9-8-17(32(29,30)26(2)3)12-18(19)25-21(27)14-31-22(28)15-5-10-20(23-13-15)24-16-6-7-16/h5,8-10,12-13,16H,4,6-7,11,14H2,1-3H3,(H,23,24). The van der Waals surface area contributed by atoms with Gasteiger partial charge in [-0.25, -0.2) is 27.5 Å². The van der Waals surface area contributed by atoms with Gasteiger partial charge in [-0.15, -0.1) is 0 Å². The van der Waals surface area contributed by atoms with E-state index in [1.807, 2.05) is 11.5 Å². The summed E-state index contributed by atoms with van der Waals surface area (Å²) in [6.07, 6.45) is 4.64. The number of rotatable bonds is 9. The van der Waals surface area contributed by atoms with E-state index in [1.165, 1.54) is 24.6 Å². The van der Waals surface area contributed by atoms with Crippen molar-refractivity contribution in [2.45, 2.75) is 50.3 Å². The van der Waals surface area contributed by atoms with Crippen LogP contribution in [0.5, 0.6) is 0 Å². The third kappa shape index (κ3) is 4.61. The Morgan fingerprint density at radius 3 is 2.66 bits per heavy atom. The molecule has 0 unspecified atom stereocenters. The predicted octanol–water partition coefficient (Wildman–Crippen LogP) is 3.02. The summed E-state index contributed by atoms with van der Waals surface area (Å²) in [7, 11) is -0.588. The smallest absolute Gasteiger partial charge is 0.340 e. The Balaban J connectivity index is 1.53. The molecule has 0 aliphatic heterocycles. The highest BCUT2D eigenvalue weighted by atomic mass is 32.2. The molecule has 3 aromatic rings. The van der Waals surface area contributed by atoms with Crippen LogP contribution >= 0.6 is 0 Å². The van der Waals surface area contributed by atoms with E-state index in [0.717, 1.165) is 30.6 Å². The minimum atomic E-state index is -3.57. The molecule has 170 valence electrons. The third-order valence-electron chi connectivity index (χ3n) is 5.29. The van der Waals surface area contributed by atoms with Crippen LogP contribution in [0.25, 0.3) is 11.0 Å². The lowest BCUT2D eigenvalue weighted by Gasteiger charge is -2.11. The summed E-state index contributed by atoms with van der Waals surface area (Å²) in [5, 5.41) is 3.28. The predicted molar refractivity (Wildman–Crippen MR) is 121 cm³/mol. The van der Waals surface area contributed by atoms with Gasteiger partial charge in [0.25, 0.3) is 0 Å². The van der Waals surface area contributed by atoms with Crippen LogP contribution in [0.1, 0.15) is 42.4 Å². The van der Waals surface area contributed by atoms with Crippen LogP contribution in [0.3, 0.4) is 0 Å². The summed E-state index contributed by atoms with van der Waals surface area (Å²) in [6.45, 7) is 2.69. The van der Waals surface area contributed by atoms with Gasteiger partial charge in [0.1, 0.15) is 18.2 Å². The van der Waals surface area contributed by atoms with Gasteiger partial charge in [0.15, 0.2) is 0 Å². The largest absolute Gasteiger partial charge is 0.454 e. The Morgan fingerprint density at radius 2 is 2.03 bits per heavy atom. The molecule has 0 radical (unpaired) electrons. The van der Waals surface area contributed by atoms with Crippen LogP contribution in [-0.2, 0) is 27.9 Å². The summed E-state index contributed by atoms with van der Waals surface area (Å²) in [4.78, 5) is 21.5. The van der Waals surface area contributed by atoms with E-state index in [9.17, 15) is 13.2 Å². The van der Waals surface area contributed by atoms with E-state index < -0.39 is 16.0 Å². The average Bonchev–Trinajstić information content (AvgIpc) is 3.52. The van der Waals surface area contributed by atoms with Crippen molar-refractivity contribution in [1.29, 1.82) is 0 Å². The molecule has 0 spiro atoms. The third-order valence-corrected chi connectivity index (χ3v) is 7.10. The summed E-state index contributed by atoms with van der Waals surface area (Å²) in [6, 6.07) is 8.82. The normalized spacial score (nSPS) is 14.1. The fourth-order valence-corrected chi connectivity index (χ4v) is 4.29. The zero-order valence-electron chi connectivity index (χ0n) is 18.4. The number of hydrogen-bond acceptors (Lipinski definition) is 7. The number of esters is 1. The van der Waals surface area contributed by atoms with Crippen molar-refractivity contribution in [3.63, 3.8) is 0 Å². The van der Waals surface area contributed by atoms with E-state index in [-0.39, 0.29) is 11.5 Å². The molecule has 4 rings (SSSR count). The molecule has 1 aromatic carbocycles. The fourth-order valence-electron chi connectivity index (χ4n) is 3.36. The molecule has 0 saturated heterocycles. The summed E-state index contributed by atoms with van der Waals surface area (Å²) >= 11 is 0. The minimum Gasteiger partial charge on any atom is -0.454 e. The molecule has 2 aromatic heterocycles. The highest BCUT2D eigenvalue weighted by Crippen LogP contribution is 2.24. The maximum absolute atomic E-state index is 12.5. The van der Waals surface area contributed by atoms with E-state index in [1.54, 1.807) is 30.3 Å². The van der Waals surface area contributed by atoms with Crippen molar-refractivity contribution in [2.75, 3.05) is 19.4 Å². The number of carbonyl (C=O) groups is 1. The lowest BCUT2D eigenvalue weighted by molar-refractivity contribution is 0.0458. The Morgan fingerprint density at radius 1 is 1.25 bits per heavy atom. The molecule has 0 bridgehead atoms. The number of pyridine rings is 1. The maximum atomic E-state index is 12.5. The first-order chi connectivity index (χ1) is 15.3. The number of fused-ring (bicyclic) bond motifs is 1. The van der Waals surface area contributed by atoms with Gasteiger partial charge in [-0.2, -0.15) is 0 Å². The molecular weight excluding hydrogens is 430 g/mol. The highest BCUT2D eigenvalue weighted by molar-refractivity contribution is 7.89. The van der Waals surface area contributed by atoms with Crippen LogP contribution < -0.4 is 5.32 Å². The van der Waals surface area contributed by atoms with E-state index >= 15 is 0 Å². The van der Waals surface area contributed by atoms with Gasteiger partial charge in [-0.3, -0.25) is 0 Å². The van der Waals surface area contributed by atoms with Crippen LogP contribution in [0.15, 0.2) is 41.4 Å². The zero-order chi connectivity index (χ0) is 22.9. The number of ether oxygens (including phenoxy) is 1. The van der Waals surface area contributed by atoms with E-state index in [0.29, 0.717) is 29.5 Å². The number of sulfonamides is 1. The molecule has 0 atom stereocenters. The molecule has 10 heteroatoms. The van der Waals surface area contributed by atoms with Crippen molar-refractivity contribution in [3.05, 3.63) is 47.9 Å². The first-order valence-corrected chi connectivity index (χ1v) is 12.0. The summed E-state index contributed by atoms with van der Waals surface area (Å²) < 4.78 is 33.5. The Bertz CT molecular complexity index is 1230. The van der Waals surface area contributed by atoms with Crippen LogP contribution in [0.4, 0.5) is 5.82 Å². The molecule has 1 fully saturated rings. The van der Waals surface area contributed by atoms with Crippen molar-refractivity contribution in [1.82, 2.24) is 18.8 Å². The van der Waals surface area contributed by atoms with Crippen molar-refractivity contribution >= 4 is 32.8 Å². The Kier molecular flexibility index (Phi) is 6.16. The number of anilines is 1. The van der Waals surface area contributed by atoms with Crippen molar-refractivity contribution in [2.24, 2.45) is 0 Å². The van der Waals surface area contributed by atoms with Gasteiger partial charge in [-0.1, -0.05) is 6.92 Å². The minimum absolute atomic E-state index is 0.0225. The first-order valence-electron chi connectivity index (χ1n) is 10.6. The molecule has 1 saturated carbocycles. The number of benzene rings is 1. The lowest BCUT2D eigenvalue weighted by Crippen LogP contribution is -2.22. The fraction of sp³-hybridized carbons (Fsp3) is 0.409. The van der Waals surface area contributed by atoms with Gasteiger partial charge in [0, 0.05) is 32.9 Å². The number of imidazole rings is 1. The number of aromatic nitrogens is 3. The van der Waals surface area contributed by atoms with Gasteiger partial charge < -0.3 is 14.6 Å². The number of nitrogens with zero attached hydrogens (tertiary/aromatic N) is 4. The molecule has 1 aliphatic carbocycles. The number of hydrogen-bond donors (Lipinski definition) is 1. The SMILES string of the molecule is CCCn1c(COC(=O)c2ccc(NC3CC3)nc2)nc2cc(S(=O)(=O)N(C)C)ccc21. The molecule has 32 heavy (non-hydrogen) atoms. The second kappa shape index (κ2) is 8.87.